The number of ether oxygens (including phenoxy) is 3. The first kappa shape index (κ1) is 17.7. The number of hydrogen-bond donors (Lipinski definition) is 1. The summed E-state index contributed by atoms with van der Waals surface area (Å²) in [6.07, 6.45) is 0.878. The number of methoxy groups -OCH3 is 2. The smallest absolute Gasteiger partial charge is 0.387 e. The normalized spacial score (nSPS) is 11.1. The van der Waals surface area contributed by atoms with Crippen molar-refractivity contribution < 1.29 is 32.6 Å². The monoisotopic (exact) mass is 335 g/mol. The number of carbonyl (C=O) groups is 2. The highest BCUT2D eigenvalue weighted by atomic mass is 35.5. The van der Waals surface area contributed by atoms with Crippen LogP contribution < -0.4 is 10.1 Å². The molecule has 1 N–H and O–H groups in total. The van der Waals surface area contributed by atoms with Crippen molar-refractivity contribution in [3.63, 3.8) is 0 Å². The number of alkyl halides is 2. The molecule has 0 heterocycles. The van der Waals surface area contributed by atoms with Crippen LogP contribution in [-0.4, -0.2) is 32.8 Å². The van der Waals surface area contributed by atoms with E-state index in [0.717, 1.165) is 20.3 Å². The van der Waals surface area contributed by atoms with Crippen LogP contribution in [0.4, 0.5) is 14.5 Å². The van der Waals surface area contributed by atoms with E-state index in [1.165, 1.54) is 18.2 Å². The second-order valence-electron chi connectivity index (χ2n) is 3.72. The summed E-state index contributed by atoms with van der Waals surface area (Å²) in [6.45, 7) is -3.01. The Hall–Kier alpha value is -2.35. The van der Waals surface area contributed by atoms with Crippen molar-refractivity contribution in [2.75, 3.05) is 19.5 Å². The molecule has 0 saturated heterocycles. The van der Waals surface area contributed by atoms with Gasteiger partial charge in [-0.05, 0) is 18.2 Å². The molecular formula is C13H12ClF2NO5. The zero-order valence-corrected chi connectivity index (χ0v) is 12.3. The number of carbonyl (C=O) groups excluding carboxylic acids is 2. The van der Waals surface area contributed by atoms with E-state index in [0.29, 0.717) is 0 Å². The molecule has 0 aliphatic heterocycles. The number of hydrogen-bond acceptors (Lipinski definition) is 6. The summed E-state index contributed by atoms with van der Waals surface area (Å²) in [5.74, 6) is -1.83. The average Bonchev–Trinajstić information content (AvgIpc) is 2.47. The highest BCUT2D eigenvalue weighted by Gasteiger charge is 2.14. The number of anilines is 1. The predicted octanol–water partition coefficient (Wildman–Crippen LogP) is 2.58. The van der Waals surface area contributed by atoms with Crippen LogP contribution in [0, 0.1) is 0 Å². The fourth-order valence-corrected chi connectivity index (χ4v) is 1.58. The van der Waals surface area contributed by atoms with Gasteiger partial charge in [-0.25, -0.2) is 9.59 Å². The van der Waals surface area contributed by atoms with Gasteiger partial charge in [0.25, 0.3) is 0 Å². The molecule has 1 aromatic rings. The second-order valence-corrected chi connectivity index (χ2v) is 4.13. The van der Waals surface area contributed by atoms with Gasteiger partial charge in [0.2, 0.25) is 0 Å². The topological polar surface area (TPSA) is 73.9 Å². The third kappa shape index (κ3) is 5.21. The summed E-state index contributed by atoms with van der Waals surface area (Å²) in [6, 6.07) is 3.76. The molecule has 0 spiro atoms. The van der Waals surface area contributed by atoms with Gasteiger partial charge in [0.1, 0.15) is 11.4 Å². The number of benzene rings is 1. The lowest BCUT2D eigenvalue weighted by Crippen LogP contribution is -2.15. The summed E-state index contributed by atoms with van der Waals surface area (Å²) in [7, 11) is 2.27. The van der Waals surface area contributed by atoms with E-state index >= 15 is 0 Å². The van der Waals surface area contributed by atoms with Gasteiger partial charge in [0.15, 0.2) is 0 Å². The number of rotatable bonds is 6. The average molecular weight is 336 g/mol. The highest BCUT2D eigenvalue weighted by molar-refractivity contribution is 6.32. The van der Waals surface area contributed by atoms with Crippen molar-refractivity contribution in [3.8, 4) is 5.75 Å². The van der Waals surface area contributed by atoms with Crippen LogP contribution in [0.25, 0.3) is 0 Å². The quantitative estimate of drug-likeness (QED) is 0.636. The minimum absolute atomic E-state index is 0.104. The molecule has 1 aromatic carbocycles. The van der Waals surface area contributed by atoms with E-state index in [9.17, 15) is 18.4 Å². The third-order valence-electron chi connectivity index (χ3n) is 2.30. The minimum atomic E-state index is -3.01. The summed E-state index contributed by atoms with van der Waals surface area (Å²) in [5, 5.41) is 2.47. The van der Waals surface area contributed by atoms with E-state index in [-0.39, 0.29) is 22.2 Å². The van der Waals surface area contributed by atoms with Crippen LogP contribution >= 0.6 is 11.6 Å². The SMILES string of the molecule is COC(=O)/C=C(/Nc1ccc(OC(F)F)c(Cl)c1)C(=O)OC. The lowest BCUT2D eigenvalue weighted by Gasteiger charge is -2.11. The maximum atomic E-state index is 12.1. The molecule has 0 aliphatic carbocycles. The summed E-state index contributed by atoms with van der Waals surface area (Å²) in [5.41, 5.74) is 0.0418. The first-order valence-corrected chi connectivity index (χ1v) is 6.14. The molecular weight excluding hydrogens is 324 g/mol. The van der Waals surface area contributed by atoms with Gasteiger partial charge in [-0.3, -0.25) is 0 Å². The van der Waals surface area contributed by atoms with Crippen LogP contribution in [0.3, 0.4) is 0 Å². The molecule has 22 heavy (non-hydrogen) atoms. The summed E-state index contributed by atoms with van der Waals surface area (Å²) >= 11 is 5.78. The molecule has 1 rings (SSSR count). The molecule has 0 fully saturated rings. The fraction of sp³-hybridized carbons (Fsp3) is 0.231. The number of halogens is 3. The van der Waals surface area contributed by atoms with Crippen molar-refractivity contribution >= 4 is 29.2 Å². The van der Waals surface area contributed by atoms with Crippen LogP contribution in [-0.2, 0) is 19.1 Å². The molecule has 120 valence electrons. The van der Waals surface area contributed by atoms with Crippen molar-refractivity contribution in [2.24, 2.45) is 0 Å². The van der Waals surface area contributed by atoms with Crippen LogP contribution in [0.15, 0.2) is 30.0 Å². The molecule has 0 atom stereocenters. The summed E-state index contributed by atoms with van der Waals surface area (Å²) in [4.78, 5) is 22.7. The Morgan fingerprint density at radius 1 is 1.27 bits per heavy atom. The van der Waals surface area contributed by atoms with Crippen molar-refractivity contribution in [1.82, 2.24) is 0 Å². The Morgan fingerprint density at radius 3 is 2.45 bits per heavy atom. The van der Waals surface area contributed by atoms with Crippen molar-refractivity contribution in [2.45, 2.75) is 6.61 Å². The zero-order valence-electron chi connectivity index (χ0n) is 11.6. The van der Waals surface area contributed by atoms with E-state index in [1.807, 2.05) is 0 Å². The Balaban J connectivity index is 2.99. The molecule has 0 radical (unpaired) electrons. The molecule has 0 amide bonds. The standard InChI is InChI=1S/C13H12ClF2NO5/c1-20-11(18)6-9(12(19)21-2)17-7-3-4-10(8(14)5-7)22-13(15)16/h3-6,13,17H,1-2H3/b9-6+. The van der Waals surface area contributed by atoms with E-state index < -0.39 is 18.6 Å². The Morgan fingerprint density at radius 2 is 1.95 bits per heavy atom. The Kier molecular flexibility index (Phi) is 6.58. The first-order chi connectivity index (χ1) is 10.4. The molecule has 0 aromatic heterocycles. The zero-order chi connectivity index (χ0) is 16.7. The summed E-state index contributed by atoms with van der Waals surface area (Å²) < 4.78 is 37.3. The predicted molar refractivity (Wildman–Crippen MR) is 73.8 cm³/mol. The van der Waals surface area contributed by atoms with Gasteiger partial charge in [0, 0.05) is 5.69 Å². The second kappa shape index (κ2) is 8.18. The molecule has 6 nitrogen and oxygen atoms in total. The number of nitrogens with one attached hydrogen (secondary N) is 1. The molecule has 0 unspecified atom stereocenters. The van der Waals surface area contributed by atoms with Crippen molar-refractivity contribution in [3.05, 3.63) is 35.0 Å². The molecule has 0 aliphatic rings. The van der Waals surface area contributed by atoms with Crippen LogP contribution in [0.2, 0.25) is 5.02 Å². The minimum Gasteiger partial charge on any atom is -0.466 e. The first-order valence-electron chi connectivity index (χ1n) is 5.76. The fourth-order valence-electron chi connectivity index (χ4n) is 1.36. The van der Waals surface area contributed by atoms with Gasteiger partial charge in [0.05, 0.1) is 25.3 Å². The maximum absolute atomic E-state index is 12.1. The highest BCUT2D eigenvalue weighted by Crippen LogP contribution is 2.29. The lowest BCUT2D eigenvalue weighted by molar-refractivity contribution is -0.138. The van der Waals surface area contributed by atoms with Gasteiger partial charge < -0.3 is 19.5 Å². The lowest BCUT2D eigenvalue weighted by atomic mass is 10.2. The maximum Gasteiger partial charge on any atom is 0.387 e. The van der Waals surface area contributed by atoms with Crippen molar-refractivity contribution in [1.29, 1.82) is 0 Å². The van der Waals surface area contributed by atoms with E-state index in [4.69, 9.17) is 11.6 Å². The van der Waals surface area contributed by atoms with Gasteiger partial charge in [-0.15, -0.1) is 0 Å². The molecule has 0 saturated carbocycles. The van der Waals surface area contributed by atoms with Gasteiger partial charge in [-0.2, -0.15) is 8.78 Å². The Labute approximate surface area is 129 Å². The largest absolute Gasteiger partial charge is 0.466 e. The van der Waals surface area contributed by atoms with Crippen LogP contribution in [0.1, 0.15) is 0 Å². The molecule has 0 bridgehead atoms. The van der Waals surface area contributed by atoms with Gasteiger partial charge >= 0.3 is 18.6 Å². The van der Waals surface area contributed by atoms with E-state index in [1.54, 1.807) is 0 Å². The van der Waals surface area contributed by atoms with Crippen LogP contribution in [0.5, 0.6) is 5.75 Å². The van der Waals surface area contributed by atoms with Gasteiger partial charge in [-0.1, -0.05) is 11.6 Å². The molecule has 9 heteroatoms. The number of esters is 2. The Bertz CT molecular complexity index is 592. The third-order valence-corrected chi connectivity index (χ3v) is 2.59. The van der Waals surface area contributed by atoms with E-state index in [2.05, 4.69) is 19.5 Å².